The minimum atomic E-state index is -0.302. The molecule has 1 aliphatic heterocycles. The Balaban J connectivity index is 1.98. The van der Waals surface area contributed by atoms with E-state index in [4.69, 9.17) is 0 Å². The third kappa shape index (κ3) is 2.84. The lowest BCUT2D eigenvalue weighted by molar-refractivity contribution is -0.130. The van der Waals surface area contributed by atoms with E-state index in [2.05, 4.69) is 9.97 Å². The number of carbonyl (C=O) groups excluding carboxylic acids is 1. The molecule has 1 atom stereocenters. The summed E-state index contributed by atoms with van der Waals surface area (Å²) in [7, 11) is 0. The molecule has 3 rings (SSSR count). The van der Waals surface area contributed by atoms with Crippen molar-refractivity contribution >= 4 is 5.91 Å². The molecule has 114 valence electrons. The molecule has 1 aliphatic rings. The number of carbonyl (C=O) groups is 1. The Labute approximate surface area is 129 Å². The van der Waals surface area contributed by atoms with Crippen molar-refractivity contribution in [2.75, 3.05) is 13.1 Å². The Hall–Kier alpha value is -2.30. The van der Waals surface area contributed by atoms with E-state index in [9.17, 15) is 9.18 Å². The van der Waals surface area contributed by atoms with Crippen LogP contribution >= 0.6 is 0 Å². The van der Waals surface area contributed by atoms with Crippen molar-refractivity contribution in [3.63, 3.8) is 0 Å². The molecule has 1 unspecified atom stereocenters. The van der Waals surface area contributed by atoms with Gasteiger partial charge in [-0.15, -0.1) is 0 Å². The molecule has 1 aromatic heterocycles. The van der Waals surface area contributed by atoms with E-state index in [1.807, 2.05) is 4.90 Å². The number of halogens is 1. The van der Waals surface area contributed by atoms with E-state index in [-0.39, 0.29) is 17.6 Å². The van der Waals surface area contributed by atoms with E-state index in [0.717, 1.165) is 25.1 Å². The molecule has 2 aromatic rings. The van der Waals surface area contributed by atoms with Crippen LogP contribution in [0.25, 0.3) is 11.3 Å². The summed E-state index contributed by atoms with van der Waals surface area (Å²) in [6, 6.07) is 6.59. The number of amides is 1. The van der Waals surface area contributed by atoms with Gasteiger partial charge in [0.25, 0.3) is 0 Å². The first kappa shape index (κ1) is 14.6. The number of piperidine rings is 1. The maximum Gasteiger partial charge on any atom is 0.219 e. The van der Waals surface area contributed by atoms with Gasteiger partial charge in [0.15, 0.2) is 0 Å². The number of rotatable bonds is 2. The van der Waals surface area contributed by atoms with Crippen LogP contribution in [0.4, 0.5) is 4.39 Å². The first-order valence-electron chi connectivity index (χ1n) is 7.48. The molecule has 1 amide bonds. The fraction of sp³-hybridized carbons (Fsp3) is 0.353. The third-order valence-electron chi connectivity index (χ3n) is 4.11. The van der Waals surface area contributed by atoms with Gasteiger partial charge < -0.3 is 4.90 Å². The molecule has 0 N–H and O–H groups in total. The van der Waals surface area contributed by atoms with Crippen LogP contribution in [0.5, 0.6) is 0 Å². The first-order chi connectivity index (χ1) is 10.7. The molecule has 1 aromatic carbocycles. The number of hydrogen-bond donors (Lipinski definition) is 0. The van der Waals surface area contributed by atoms with Crippen LogP contribution in [0.3, 0.4) is 0 Å². The van der Waals surface area contributed by atoms with E-state index in [0.29, 0.717) is 17.8 Å². The van der Waals surface area contributed by atoms with Crippen molar-refractivity contribution < 1.29 is 9.18 Å². The summed E-state index contributed by atoms with van der Waals surface area (Å²) in [6.45, 7) is 2.98. The van der Waals surface area contributed by atoms with Crippen LogP contribution in [0, 0.1) is 5.82 Å². The number of benzene rings is 1. The predicted molar refractivity (Wildman–Crippen MR) is 81.7 cm³/mol. The summed E-state index contributed by atoms with van der Waals surface area (Å²) in [6.07, 6.45) is 5.07. The van der Waals surface area contributed by atoms with Gasteiger partial charge in [0.05, 0.1) is 11.4 Å². The minimum Gasteiger partial charge on any atom is -0.342 e. The van der Waals surface area contributed by atoms with E-state index >= 15 is 0 Å². The Kier molecular flexibility index (Phi) is 4.13. The summed E-state index contributed by atoms with van der Waals surface area (Å²) in [4.78, 5) is 22.2. The van der Waals surface area contributed by atoms with Gasteiger partial charge in [-0.2, -0.15) is 0 Å². The van der Waals surface area contributed by atoms with Gasteiger partial charge in [-0.1, -0.05) is 12.1 Å². The summed E-state index contributed by atoms with van der Waals surface area (Å²) < 4.78 is 14.1. The van der Waals surface area contributed by atoms with Crippen molar-refractivity contribution in [3.8, 4) is 11.3 Å². The second-order valence-electron chi connectivity index (χ2n) is 5.57. The summed E-state index contributed by atoms with van der Waals surface area (Å²) >= 11 is 0. The molecule has 1 fully saturated rings. The lowest BCUT2D eigenvalue weighted by atomic mass is 9.91. The number of likely N-dealkylation sites (tertiary alicyclic amines) is 1. The lowest BCUT2D eigenvalue weighted by Gasteiger charge is -2.32. The molecule has 1 saturated heterocycles. The zero-order valence-electron chi connectivity index (χ0n) is 12.5. The average molecular weight is 299 g/mol. The largest absolute Gasteiger partial charge is 0.342 e. The summed E-state index contributed by atoms with van der Waals surface area (Å²) in [5.41, 5.74) is 1.82. The number of nitrogens with zero attached hydrogens (tertiary/aromatic N) is 3. The highest BCUT2D eigenvalue weighted by molar-refractivity contribution is 5.73. The van der Waals surface area contributed by atoms with Crippen molar-refractivity contribution in [1.29, 1.82) is 0 Å². The van der Waals surface area contributed by atoms with Gasteiger partial charge in [-0.3, -0.25) is 14.8 Å². The molecular weight excluding hydrogens is 281 g/mol. The Morgan fingerprint density at radius 1 is 1.27 bits per heavy atom. The highest BCUT2D eigenvalue weighted by Gasteiger charge is 2.27. The van der Waals surface area contributed by atoms with Crippen LogP contribution in [-0.4, -0.2) is 33.9 Å². The normalized spacial score (nSPS) is 18.3. The SMILES string of the molecule is CC(=O)N1CCCC(c2nccnc2-c2ccccc2F)C1. The highest BCUT2D eigenvalue weighted by Crippen LogP contribution is 2.32. The second-order valence-corrected chi connectivity index (χ2v) is 5.57. The van der Waals surface area contributed by atoms with Crippen LogP contribution in [0.1, 0.15) is 31.4 Å². The van der Waals surface area contributed by atoms with Crippen LogP contribution in [0.15, 0.2) is 36.7 Å². The Morgan fingerprint density at radius 3 is 2.82 bits per heavy atom. The molecule has 0 radical (unpaired) electrons. The summed E-state index contributed by atoms with van der Waals surface area (Å²) in [5.74, 6) is -0.134. The summed E-state index contributed by atoms with van der Waals surface area (Å²) in [5, 5.41) is 0. The molecule has 0 bridgehead atoms. The molecule has 0 saturated carbocycles. The molecule has 22 heavy (non-hydrogen) atoms. The van der Waals surface area contributed by atoms with Crippen LogP contribution in [0.2, 0.25) is 0 Å². The van der Waals surface area contributed by atoms with E-state index in [1.165, 1.54) is 6.07 Å². The van der Waals surface area contributed by atoms with Gasteiger partial charge in [-0.25, -0.2) is 4.39 Å². The zero-order chi connectivity index (χ0) is 15.5. The highest BCUT2D eigenvalue weighted by atomic mass is 19.1. The minimum absolute atomic E-state index is 0.0704. The number of aromatic nitrogens is 2. The van der Waals surface area contributed by atoms with Gasteiger partial charge in [-0.05, 0) is 25.0 Å². The van der Waals surface area contributed by atoms with Crippen molar-refractivity contribution in [2.24, 2.45) is 0 Å². The van der Waals surface area contributed by atoms with Crippen molar-refractivity contribution in [2.45, 2.75) is 25.7 Å². The van der Waals surface area contributed by atoms with Gasteiger partial charge in [0.2, 0.25) is 5.91 Å². The van der Waals surface area contributed by atoms with Crippen LogP contribution < -0.4 is 0 Å². The second kappa shape index (κ2) is 6.22. The smallest absolute Gasteiger partial charge is 0.219 e. The molecule has 2 heterocycles. The average Bonchev–Trinajstić information content (AvgIpc) is 2.55. The van der Waals surface area contributed by atoms with E-state index in [1.54, 1.807) is 37.5 Å². The Morgan fingerprint density at radius 2 is 2.05 bits per heavy atom. The molecule has 5 heteroatoms. The van der Waals surface area contributed by atoms with E-state index < -0.39 is 0 Å². The lowest BCUT2D eigenvalue weighted by Crippen LogP contribution is -2.38. The first-order valence-corrected chi connectivity index (χ1v) is 7.48. The van der Waals surface area contributed by atoms with Gasteiger partial charge in [0, 0.05) is 43.9 Å². The zero-order valence-corrected chi connectivity index (χ0v) is 12.5. The molecule has 0 aliphatic carbocycles. The molecule has 4 nitrogen and oxygen atoms in total. The molecular formula is C17H18FN3O. The van der Waals surface area contributed by atoms with Crippen LogP contribution in [-0.2, 0) is 4.79 Å². The molecule has 0 spiro atoms. The Bertz CT molecular complexity index is 689. The van der Waals surface area contributed by atoms with Gasteiger partial charge in [0.1, 0.15) is 5.82 Å². The quantitative estimate of drug-likeness (QED) is 0.856. The van der Waals surface area contributed by atoms with Crippen molar-refractivity contribution in [3.05, 3.63) is 48.2 Å². The maximum atomic E-state index is 14.1. The standard InChI is InChI=1S/C17H18FN3O/c1-12(22)21-10-4-5-13(11-21)16-17(20-9-8-19-16)14-6-2-3-7-15(14)18/h2-3,6-9,13H,4-5,10-11H2,1H3. The van der Waals surface area contributed by atoms with Crippen molar-refractivity contribution in [1.82, 2.24) is 14.9 Å². The fourth-order valence-corrected chi connectivity index (χ4v) is 2.99. The van der Waals surface area contributed by atoms with Gasteiger partial charge >= 0.3 is 0 Å². The monoisotopic (exact) mass is 299 g/mol. The predicted octanol–water partition coefficient (Wildman–Crippen LogP) is 3.01. The topological polar surface area (TPSA) is 46.1 Å². The fourth-order valence-electron chi connectivity index (χ4n) is 2.99. The maximum absolute atomic E-state index is 14.1. The third-order valence-corrected chi connectivity index (χ3v) is 4.11. The number of hydrogen-bond acceptors (Lipinski definition) is 3.